The van der Waals surface area contributed by atoms with Crippen LogP contribution in [-0.4, -0.2) is 23.0 Å². The zero-order valence-corrected chi connectivity index (χ0v) is 12.2. The van der Waals surface area contributed by atoms with E-state index in [1.165, 1.54) is 0 Å². The smallest absolute Gasteiger partial charge is 0.308 e. The van der Waals surface area contributed by atoms with E-state index >= 15 is 0 Å². The first kappa shape index (κ1) is 14.1. The monoisotopic (exact) mass is 325 g/mol. The van der Waals surface area contributed by atoms with Crippen LogP contribution in [0.15, 0.2) is 22.7 Å². The molecule has 1 saturated carbocycles. The zero-order valence-electron chi connectivity index (χ0n) is 10.6. The van der Waals surface area contributed by atoms with Crippen molar-refractivity contribution < 1.29 is 14.7 Å². The van der Waals surface area contributed by atoms with Crippen LogP contribution in [0.3, 0.4) is 0 Å². The van der Waals surface area contributed by atoms with Crippen molar-refractivity contribution in [1.29, 1.82) is 0 Å². The first-order chi connectivity index (χ1) is 8.99. The fourth-order valence-corrected chi connectivity index (χ4v) is 3.15. The number of aryl methyl sites for hydroxylation is 1. The lowest BCUT2D eigenvalue weighted by molar-refractivity contribution is -0.142. The first-order valence-corrected chi connectivity index (χ1v) is 7.08. The largest absolute Gasteiger partial charge is 0.481 e. The fraction of sp³-hybridized carbons (Fsp3) is 0.429. The summed E-state index contributed by atoms with van der Waals surface area (Å²) in [6, 6.07) is 5.22. The van der Waals surface area contributed by atoms with Gasteiger partial charge in [-0.3, -0.25) is 9.59 Å². The quantitative estimate of drug-likeness (QED) is 0.897. The molecule has 1 aliphatic rings. The first-order valence-electron chi connectivity index (χ1n) is 6.29. The molecule has 2 N–H and O–H groups in total. The molecule has 2 rings (SSSR count). The van der Waals surface area contributed by atoms with Crippen LogP contribution in [0.1, 0.15) is 35.2 Å². The lowest BCUT2D eigenvalue weighted by Crippen LogP contribution is -2.40. The summed E-state index contributed by atoms with van der Waals surface area (Å²) >= 11 is 3.36. The molecule has 19 heavy (non-hydrogen) atoms. The highest BCUT2D eigenvalue weighted by molar-refractivity contribution is 9.10. The van der Waals surface area contributed by atoms with Gasteiger partial charge in [0.25, 0.3) is 5.91 Å². The number of halogens is 1. The predicted octanol–water partition coefficient (Wildman–Crippen LogP) is 2.74. The van der Waals surface area contributed by atoms with Crippen LogP contribution in [0.25, 0.3) is 0 Å². The van der Waals surface area contributed by atoms with Crippen molar-refractivity contribution >= 4 is 27.8 Å². The number of hydrogen-bond acceptors (Lipinski definition) is 2. The number of nitrogens with one attached hydrogen (secondary N) is 1. The van der Waals surface area contributed by atoms with Gasteiger partial charge in [-0.2, -0.15) is 0 Å². The van der Waals surface area contributed by atoms with Gasteiger partial charge in [-0.1, -0.05) is 12.5 Å². The third-order valence-corrected chi connectivity index (χ3v) is 4.17. The average Bonchev–Trinajstić information content (AvgIpc) is 2.76. The topological polar surface area (TPSA) is 66.4 Å². The molecular weight excluding hydrogens is 310 g/mol. The third kappa shape index (κ3) is 3.15. The molecule has 0 aromatic heterocycles. The molecule has 0 aliphatic heterocycles. The summed E-state index contributed by atoms with van der Waals surface area (Å²) in [6.07, 6.45) is 2.21. The summed E-state index contributed by atoms with van der Waals surface area (Å²) in [5.74, 6) is -1.51. The van der Waals surface area contributed by atoms with Crippen LogP contribution in [0.4, 0.5) is 0 Å². The zero-order chi connectivity index (χ0) is 14.0. The number of benzene rings is 1. The maximum atomic E-state index is 12.2. The van der Waals surface area contributed by atoms with Crippen LogP contribution in [-0.2, 0) is 4.79 Å². The van der Waals surface area contributed by atoms with Gasteiger partial charge in [0.05, 0.1) is 11.5 Å². The van der Waals surface area contributed by atoms with Crippen molar-refractivity contribution in [2.75, 3.05) is 0 Å². The summed E-state index contributed by atoms with van der Waals surface area (Å²) in [6.45, 7) is 1.95. The summed E-state index contributed by atoms with van der Waals surface area (Å²) in [4.78, 5) is 23.2. The Morgan fingerprint density at radius 3 is 2.74 bits per heavy atom. The number of carbonyl (C=O) groups excluding carboxylic acids is 1. The molecule has 2 unspecified atom stereocenters. The molecule has 2 atom stereocenters. The van der Waals surface area contributed by atoms with E-state index in [2.05, 4.69) is 21.2 Å². The van der Waals surface area contributed by atoms with E-state index in [4.69, 9.17) is 5.11 Å². The molecule has 0 bridgehead atoms. The molecule has 0 spiro atoms. The van der Waals surface area contributed by atoms with E-state index in [0.29, 0.717) is 12.0 Å². The van der Waals surface area contributed by atoms with Gasteiger partial charge in [-0.25, -0.2) is 0 Å². The van der Waals surface area contributed by atoms with Gasteiger partial charge in [0.2, 0.25) is 0 Å². The molecule has 1 aromatic carbocycles. The van der Waals surface area contributed by atoms with E-state index in [1.807, 2.05) is 19.1 Å². The van der Waals surface area contributed by atoms with Crippen molar-refractivity contribution in [3.63, 3.8) is 0 Å². The minimum absolute atomic E-state index is 0.218. The highest BCUT2D eigenvalue weighted by Gasteiger charge is 2.34. The van der Waals surface area contributed by atoms with Crippen LogP contribution >= 0.6 is 15.9 Å². The van der Waals surface area contributed by atoms with E-state index in [0.717, 1.165) is 22.9 Å². The minimum atomic E-state index is -0.828. The molecule has 0 saturated heterocycles. The highest BCUT2D eigenvalue weighted by Crippen LogP contribution is 2.27. The minimum Gasteiger partial charge on any atom is -0.481 e. The predicted molar refractivity (Wildman–Crippen MR) is 75.1 cm³/mol. The number of carbonyl (C=O) groups is 2. The molecular formula is C14H16BrNO3. The molecule has 1 aliphatic carbocycles. The second-order valence-corrected chi connectivity index (χ2v) is 5.79. The van der Waals surface area contributed by atoms with Crippen LogP contribution in [0, 0.1) is 12.8 Å². The van der Waals surface area contributed by atoms with Crippen LogP contribution in [0.5, 0.6) is 0 Å². The Morgan fingerprint density at radius 1 is 1.37 bits per heavy atom. The number of aliphatic carboxylic acids is 1. The SMILES string of the molecule is Cc1ccc(C(=O)NC2CCCC2C(=O)O)c(Br)c1. The van der Waals surface area contributed by atoms with E-state index in [1.54, 1.807) is 6.07 Å². The molecule has 102 valence electrons. The average molecular weight is 326 g/mol. The maximum absolute atomic E-state index is 12.2. The number of rotatable bonds is 3. The molecule has 1 fully saturated rings. The Labute approximate surface area is 120 Å². The Bertz CT molecular complexity index is 515. The van der Waals surface area contributed by atoms with Gasteiger partial charge in [0, 0.05) is 10.5 Å². The molecule has 1 amide bonds. The number of hydrogen-bond donors (Lipinski definition) is 2. The summed E-state index contributed by atoms with van der Waals surface area (Å²) < 4.78 is 0.731. The second-order valence-electron chi connectivity index (χ2n) is 4.94. The second kappa shape index (κ2) is 5.74. The Hall–Kier alpha value is -1.36. The highest BCUT2D eigenvalue weighted by atomic mass is 79.9. The van der Waals surface area contributed by atoms with Crippen molar-refractivity contribution in [1.82, 2.24) is 5.32 Å². The Kier molecular flexibility index (Phi) is 4.24. The van der Waals surface area contributed by atoms with Gasteiger partial charge in [0.1, 0.15) is 0 Å². The van der Waals surface area contributed by atoms with Crippen molar-refractivity contribution in [3.05, 3.63) is 33.8 Å². The Morgan fingerprint density at radius 2 is 2.11 bits per heavy atom. The van der Waals surface area contributed by atoms with Crippen molar-refractivity contribution in [3.8, 4) is 0 Å². The number of carboxylic acid groups (broad SMARTS) is 1. The molecule has 5 heteroatoms. The van der Waals surface area contributed by atoms with E-state index in [9.17, 15) is 9.59 Å². The number of carboxylic acids is 1. The maximum Gasteiger partial charge on any atom is 0.308 e. The third-order valence-electron chi connectivity index (χ3n) is 3.52. The fourth-order valence-electron chi connectivity index (χ4n) is 2.48. The van der Waals surface area contributed by atoms with Gasteiger partial charge in [-0.05, 0) is 53.4 Å². The van der Waals surface area contributed by atoms with Crippen molar-refractivity contribution in [2.45, 2.75) is 32.2 Å². The summed E-state index contributed by atoms with van der Waals surface area (Å²) in [5, 5.41) is 11.9. The van der Waals surface area contributed by atoms with Crippen molar-refractivity contribution in [2.24, 2.45) is 5.92 Å². The van der Waals surface area contributed by atoms with Crippen LogP contribution < -0.4 is 5.32 Å². The van der Waals surface area contributed by atoms with Crippen LogP contribution in [0.2, 0.25) is 0 Å². The summed E-state index contributed by atoms with van der Waals surface area (Å²) in [5.41, 5.74) is 1.61. The van der Waals surface area contributed by atoms with Gasteiger partial charge >= 0.3 is 5.97 Å². The number of amides is 1. The molecule has 0 radical (unpaired) electrons. The van der Waals surface area contributed by atoms with E-state index in [-0.39, 0.29) is 11.9 Å². The normalized spacial score (nSPS) is 22.2. The van der Waals surface area contributed by atoms with E-state index < -0.39 is 11.9 Å². The molecule has 1 aromatic rings. The van der Waals surface area contributed by atoms with Gasteiger partial charge in [-0.15, -0.1) is 0 Å². The summed E-state index contributed by atoms with van der Waals surface area (Å²) in [7, 11) is 0. The molecule has 4 nitrogen and oxygen atoms in total. The Balaban J connectivity index is 2.10. The standard InChI is InChI=1S/C14H16BrNO3/c1-8-5-6-9(11(15)7-8)13(17)16-12-4-2-3-10(12)14(18)19/h5-7,10,12H,2-4H2,1H3,(H,16,17)(H,18,19). The lowest BCUT2D eigenvalue weighted by Gasteiger charge is -2.18. The molecule has 0 heterocycles. The van der Waals surface area contributed by atoms with Gasteiger partial charge in [0.15, 0.2) is 0 Å². The lowest BCUT2D eigenvalue weighted by atomic mass is 10.0. The van der Waals surface area contributed by atoms with Gasteiger partial charge < -0.3 is 10.4 Å².